The van der Waals surface area contributed by atoms with Gasteiger partial charge in [0.05, 0.1) is 23.4 Å². The SMILES string of the molecule is COc1ccc(C)cc1Nc1cc(NN)cc([N+](=O)[O-])c1. The lowest BCUT2D eigenvalue weighted by molar-refractivity contribution is -0.384. The van der Waals surface area contributed by atoms with E-state index >= 15 is 0 Å². The van der Waals surface area contributed by atoms with Crippen LogP contribution in [0.5, 0.6) is 5.75 Å². The Bertz CT molecular complexity index is 673. The zero-order chi connectivity index (χ0) is 15.4. The maximum absolute atomic E-state index is 10.9. The fraction of sp³-hybridized carbons (Fsp3) is 0.143. The molecule has 0 saturated carbocycles. The predicted molar refractivity (Wildman–Crippen MR) is 81.9 cm³/mol. The van der Waals surface area contributed by atoms with Crippen molar-refractivity contribution in [3.05, 3.63) is 52.1 Å². The Hall–Kier alpha value is -2.80. The number of nitrogens with two attached hydrogens (primary N) is 1. The van der Waals surface area contributed by atoms with Crippen LogP contribution in [0.3, 0.4) is 0 Å². The molecule has 110 valence electrons. The van der Waals surface area contributed by atoms with Gasteiger partial charge in [-0.1, -0.05) is 6.07 Å². The van der Waals surface area contributed by atoms with Gasteiger partial charge in [-0.15, -0.1) is 0 Å². The molecule has 0 radical (unpaired) electrons. The Morgan fingerprint density at radius 1 is 1.19 bits per heavy atom. The van der Waals surface area contributed by atoms with Crippen LogP contribution in [0.1, 0.15) is 5.56 Å². The summed E-state index contributed by atoms with van der Waals surface area (Å²) in [5.41, 5.74) is 5.11. The van der Waals surface area contributed by atoms with Gasteiger partial charge >= 0.3 is 0 Å². The lowest BCUT2D eigenvalue weighted by Crippen LogP contribution is -2.07. The van der Waals surface area contributed by atoms with E-state index in [0.717, 1.165) is 11.3 Å². The monoisotopic (exact) mass is 288 g/mol. The van der Waals surface area contributed by atoms with Crippen LogP contribution in [0.25, 0.3) is 0 Å². The fourth-order valence-corrected chi connectivity index (χ4v) is 1.95. The Labute approximate surface area is 121 Å². The molecule has 2 aromatic carbocycles. The van der Waals surface area contributed by atoms with Crippen molar-refractivity contribution in [1.82, 2.24) is 0 Å². The molecule has 0 aliphatic rings. The standard InChI is InChI=1S/C14H16N4O3/c1-9-3-4-14(21-2)13(5-9)16-10-6-11(17-15)8-12(7-10)18(19)20/h3-8,16-17H,15H2,1-2H3. The van der Waals surface area contributed by atoms with Gasteiger partial charge < -0.3 is 15.5 Å². The molecule has 0 saturated heterocycles. The number of ether oxygens (including phenoxy) is 1. The van der Waals surface area contributed by atoms with Crippen LogP contribution in [0.4, 0.5) is 22.7 Å². The lowest BCUT2D eigenvalue weighted by Gasteiger charge is -2.13. The molecule has 7 heteroatoms. The molecule has 0 unspecified atom stereocenters. The Balaban J connectivity index is 2.41. The lowest BCUT2D eigenvalue weighted by atomic mass is 10.2. The number of hydrazine groups is 1. The van der Waals surface area contributed by atoms with Gasteiger partial charge in [0.1, 0.15) is 5.75 Å². The first-order valence-corrected chi connectivity index (χ1v) is 6.21. The summed E-state index contributed by atoms with van der Waals surface area (Å²) in [5, 5.41) is 14.0. The van der Waals surface area contributed by atoms with E-state index in [2.05, 4.69) is 10.7 Å². The van der Waals surface area contributed by atoms with Gasteiger partial charge in [0.15, 0.2) is 0 Å². The molecule has 0 heterocycles. The predicted octanol–water partition coefficient (Wildman–Crippen LogP) is 2.94. The van der Waals surface area contributed by atoms with Gasteiger partial charge in [-0.05, 0) is 30.7 Å². The Morgan fingerprint density at radius 2 is 1.90 bits per heavy atom. The quantitative estimate of drug-likeness (QED) is 0.444. The zero-order valence-corrected chi connectivity index (χ0v) is 11.7. The van der Waals surface area contributed by atoms with Gasteiger partial charge in [-0.3, -0.25) is 16.0 Å². The third-order valence-corrected chi connectivity index (χ3v) is 2.93. The maximum atomic E-state index is 10.9. The molecular formula is C14H16N4O3. The number of nitrogens with one attached hydrogen (secondary N) is 2. The summed E-state index contributed by atoms with van der Waals surface area (Å²) < 4.78 is 5.27. The van der Waals surface area contributed by atoms with Crippen molar-refractivity contribution in [2.75, 3.05) is 17.9 Å². The van der Waals surface area contributed by atoms with Gasteiger partial charge in [0.2, 0.25) is 0 Å². The highest BCUT2D eigenvalue weighted by molar-refractivity contribution is 5.72. The molecule has 0 atom stereocenters. The average molecular weight is 288 g/mol. The molecule has 0 aromatic heterocycles. The second-order valence-electron chi connectivity index (χ2n) is 4.50. The van der Waals surface area contributed by atoms with Crippen molar-refractivity contribution in [1.29, 1.82) is 0 Å². The summed E-state index contributed by atoms with van der Waals surface area (Å²) in [7, 11) is 1.57. The van der Waals surface area contributed by atoms with Gasteiger partial charge in [0.25, 0.3) is 5.69 Å². The highest BCUT2D eigenvalue weighted by atomic mass is 16.6. The molecular weight excluding hydrogens is 272 g/mol. The first-order chi connectivity index (χ1) is 10.0. The molecule has 0 aliphatic carbocycles. The summed E-state index contributed by atoms with van der Waals surface area (Å²) >= 11 is 0. The highest BCUT2D eigenvalue weighted by Crippen LogP contribution is 2.31. The molecule has 0 bridgehead atoms. The van der Waals surface area contributed by atoms with Crippen molar-refractivity contribution in [3.63, 3.8) is 0 Å². The van der Waals surface area contributed by atoms with Crippen LogP contribution < -0.4 is 21.3 Å². The minimum atomic E-state index is -0.473. The average Bonchev–Trinajstić information content (AvgIpc) is 2.47. The molecule has 0 aliphatic heterocycles. The van der Waals surface area contributed by atoms with E-state index in [4.69, 9.17) is 10.6 Å². The zero-order valence-electron chi connectivity index (χ0n) is 11.7. The van der Waals surface area contributed by atoms with Gasteiger partial charge in [-0.2, -0.15) is 0 Å². The van der Waals surface area contributed by atoms with E-state index < -0.39 is 4.92 Å². The van der Waals surface area contributed by atoms with E-state index in [0.29, 0.717) is 17.1 Å². The third kappa shape index (κ3) is 3.40. The minimum absolute atomic E-state index is 0.0560. The van der Waals surface area contributed by atoms with Crippen LogP contribution in [0, 0.1) is 17.0 Å². The van der Waals surface area contributed by atoms with Crippen LogP contribution in [-0.2, 0) is 0 Å². The smallest absolute Gasteiger partial charge is 0.273 e. The number of nitro groups is 1. The molecule has 4 N–H and O–H groups in total. The molecule has 7 nitrogen and oxygen atoms in total. The number of anilines is 3. The van der Waals surface area contributed by atoms with Crippen LogP contribution in [-0.4, -0.2) is 12.0 Å². The largest absolute Gasteiger partial charge is 0.495 e. The van der Waals surface area contributed by atoms with Crippen molar-refractivity contribution < 1.29 is 9.66 Å². The summed E-state index contributed by atoms with van der Waals surface area (Å²) in [6, 6.07) is 10.1. The highest BCUT2D eigenvalue weighted by Gasteiger charge is 2.11. The molecule has 2 rings (SSSR count). The number of nitrogen functional groups attached to an aromatic ring is 1. The number of benzene rings is 2. The summed E-state index contributed by atoms with van der Waals surface area (Å²) in [6.45, 7) is 1.95. The van der Waals surface area contributed by atoms with Crippen molar-refractivity contribution in [2.24, 2.45) is 5.84 Å². The number of rotatable bonds is 5. The first kappa shape index (κ1) is 14.6. The number of aryl methyl sites for hydroxylation is 1. The van der Waals surface area contributed by atoms with E-state index in [1.807, 2.05) is 25.1 Å². The fourth-order valence-electron chi connectivity index (χ4n) is 1.95. The first-order valence-electron chi connectivity index (χ1n) is 6.21. The summed E-state index contributed by atoms with van der Waals surface area (Å²) in [5.74, 6) is 5.98. The third-order valence-electron chi connectivity index (χ3n) is 2.93. The molecule has 0 amide bonds. The maximum Gasteiger partial charge on any atom is 0.273 e. The Kier molecular flexibility index (Phi) is 4.24. The summed E-state index contributed by atoms with van der Waals surface area (Å²) in [4.78, 5) is 10.5. The van der Waals surface area contributed by atoms with Crippen LogP contribution in [0.2, 0.25) is 0 Å². The number of nitro benzene ring substituents is 1. The second kappa shape index (κ2) is 6.10. The van der Waals surface area contributed by atoms with Gasteiger partial charge in [0, 0.05) is 17.8 Å². The number of nitrogens with zero attached hydrogens (tertiary/aromatic N) is 1. The van der Waals surface area contributed by atoms with Crippen LogP contribution >= 0.6 is 0 Å². The minimum Gasteiger partial charge on any atom is -0.495 e. The molecule has 0 spiro atoms. The van der Waals surface area contributed by atoms with Crippen molar-refractivity contribution in [2.45, 2.75) is 6.92 Å². The van der Waals surface area contributed by atoms with Crippen molar-refractivity contribution >= 4 is 22.7 Å². The molecule has 2 aromatic rings. The number of methoxy groups -OCH3 is 1. The van der Waals surface area contributed by atoms with Crippen LogP contribution in [0.15, 0.2) is 36.4 Å². The number of non-ortho nitro benzene ring substituents is 1. The van der Waals surface area contributed by atoms with E-state index in [1.54, 1.807) is 13.2 Å². The molecule has 21 heavy (non-hydrogen) atoms. The normalized spacial score (nSPS) is 10.0. The van der Waals surface area contributed by atoms with E-state index in [-0.39, 0.29) is 5.69 Å². The number of hydrogen-bond donors (Lipinski definition) is 3. The van der Waals surface area contributed by atoms with E-state index in [1.165, 1.54) is 12.1 Å². The topological polar surface area (TPSA) is 102 Å². The van der Waals surface area contributed by atoms with Gasteiger partial charge in [-0.25, -0.2) is 0 Å². The Morgan fingerprint density at radius 3 is 2.52 bits per heavy atom. The number of hydrogen-bond acceptors (Lipinski definition) is 6. The molecule has 0 fully saturated rings. The summed E-state index contributed by atoms with van der Waals surface area (Å²) in [6.07, 6.45) is 0. The van der Waals surface area contributed by atoms with E-state index in [9.17, 15) is 10.1 Å². The van der Waals surface area contributed by atoms with Crippen molar-refractivity contribution in [3.8, 4) is 5.75 Å². The second-order valence-corrected chi connectivity index (χ2v) is 4.50.